The van der Waals surface area contributed by atoms with Crippen LogP contribution in [0.15, 0.2) is 11.7 Å². The molecule has 0 saturated heterocycles. The Morgan fingerprint density at radius 2 is 2.56 bits per heavy atom. The lowest BCUT2D eigenvalue weighted by atomic mass is 10.6. The van der Waals surface area contributed by atoms with E-state index in [9.17, 15) is 0 Å². The molecule has 4 heteroatoms. The van der Waals surface area contributed by atoms with E-state index in [2.05, 4.69) is 21.2 Å². The van der Waals surface area contributed by atoms with Crippen molar-refractivity contribution >= 4 is 21.7 Å². The second-order valence-corrected chi connectivity index (χ2v) is 2.35. The molecule has 0 amide bonds. The molecule has 0 bridgehead atoms. The van der Waals surface area contributed by atoms with Crippen LogP contribution in [-0.2, 0) is 0 Å². The molecular weight excluding hydrogens is 134 g/mol. The van der Waals surface area contributed by atoms with Crippen LogP contribution in [0.5, 0.6) is 0 Å². The van der Waals surface area contributed by atoms with Crippen LogP contribution >= 0.6 is 11.3 Å². The van der Waals surface area contributed by atoms with Crippen LogP contribution in [0.1, 0.15) is 0 Å². The molecule has 2 rings (SSSR count). The van der Waals surface area contributed by atoms with Crippen molar-refractivity contribution in [1.82, 2.24) is 15.2 Å². The van der Waals surface area contributed by atoms with Crippen molar-refractivity contribution in [3.05, 3.63) is 17.8 Å². The topological polar surface area (TPSA) is 38.7 Å². The van der Waals surface area contributed by atoms with Crippen LogP contribution in [0.2, 0.25) is 0 Å². The first kappa shape index (κ1) is 4.81. The summed E-state index contributed by atoms with van der Waals surface area (Å²) in [6, 6.07) is 2.91. The largest absolute Gasteiger partial charge is 0.223 e. The third-order valence-electron chi connectivity index (χ3n) is 0.954. The van der Waals surface area contributed by atoms with Crippen LogP contribution in [-0.4, -0.2) is 15.2 Å². The average Bonchev–Trinajstić information content (AvgIpc) is 2.33. The van der Waals surface area contributed by atoms with Crippen molar-refractivity contribution in [3.63, 3.8) is 0 Å². The Morgan fingerprint density at radius 3 is 3.44 bits per heavy atom. The van der Waals surface area contributed by atoms with Gasteiger partial charge in [-0.3, -0.25) is 0 Å². The molecule has 2 heterocycles. The van der Waals surface area contributed by atoms with E-state index in [0.29, 0.717) is 5.65 Å². The van der Waals surface area contributed by atoms with Gasteiger partial charge in [0.25, 0.3) is 0 Å². The maximum absolute atomic E-state index is 3.93. The summed E-state index contributed by atoms with van der Waals surface area (Å²) in [6.45, 7) is 0. The maximum atomic E-state index is 3.93. The number of nitrogens with zero attached hydrogens (tertiary/aromatic N) is 3. The molecule has 0 saturated carbocycles. The van der Waals surface area contributed by atoms with Crippen LogP contribution in [0.3, 0.4) is 0 Å². The van der Waals surface area contributed by atoms with Gasteiger partial charge in [0, 0.05) is 6.07 Å². The van der Waals surface area contributed by atoms with Crippen LogP contribution in [0.25, 0.3) is 10.3 Å². The fraction of sp³-hybridized carbons (Fsp3) is 0. The van der Waals surface area contributed by atoms with Crippen molar-refractivity contribution in [2.75, 3.05) is 0 Å². The second kappa shape index (κ2) is 1.73. The third kappa shape index (κ3) is 0.675. The average molecular weight is 136 g/mol. The summed E-state index contributed by atoms with van der Waals surface area (Å²) in [5, 5.41) is 7.38. The van der Waals surface area contributed by atoms with E-state index in [-0.39, 0.29) is 0 Å². The second-order valence-electron chi connectivity index (χ2n) is 1.49. The molecule has 0 atom stereocenters. The van der Waals surface area contributed by atoms with Gasteiger partial charge in [0.05, 0.1) is 16.4 Å². The van der Waals surface area contributed by atoms with Gasteiger partial charge in [-0.2, -0.15) is 5.10 Å². The number of hydrogen-bond donors (Lipinski definition) is 0. The predicted octanol–water partition coefficient (Wildman–Crippen LogP) is 0.886. The summed E-state index contributed by atoms with van der Waals surface area (Å²) in [4.78, 5) is 3.93. The van der Waals surface area contributed by atoms with Gasteiger partial charge in [0.1, 0.15) is 0 Å². The fourth-order valence-corrected chi connectivity index (χ4v) is 1.16. The smallest absolute Gasteiger partial charge is 0.193 e. The minimum atomic E-state index is 0.683. The highest BCUT2D eigenvalue weighted by molar-refractivity contribution is 7.16. The molecule has 3 nitrogen and oxygen atoms in total. The molecule has 1 radical (unpaired) electrons. The van der Waals surface area contributed by atoms with E-state index < -0.39 is 0 Å². The number of hydrogen-bond acceptors (Lipinski definition) is 4. The Balaban J connectivity index is 2.95. The molecule has 0 fully saturated rings. The highest BCUT2D eigenvalue weighted by Crippen LogP contribution is 2.11. The van der Waals surface area contributed by atoms with Gasteiger partial charge in [-0.1, -0.05) is 0 Å². The predicted molar refractivity (Wildman–Crippen MR) is 34.0 cm³/mol. The summed E-state index contributed by atoms with van der Waals surface area (Å²) >= 11 is 1.52. The number of rotatable bonds is 0. The highest BCUT2D eigenvalue weighted by Gasteiger charge is 1.93. The van der Waals surface area contributed by atoms with Gasteiger partial charge in [-0.15, -0.1) is 16.4 Å². The standard InChI is InChI=1S/C5H2N3S/c1-2-7-8-5-4(1)9-3-6-5/h2-3H. The molecule has 0 aliphatic heterocycles. The molecule has 0 aromatic carbocycles. The van der Waals surface area contributed by atoms with Crippen LogP contribution in [0.4, 0.5) is 0 Å². The van der Waals surface area contributed by atoms with Crippen molar-refractivity contribution in [2.24, 2.45) is 0 Å². The summed E-state index contributed by atoms with van der Waals surface area (Å²) in [5.74, 6) is 0. The van der Waals surface area contributed by atoms with E-state index >= 15 is 0 Å². The maximum Gasteiger partial charge on any atom is 0.193 e. The first-order chi connectivity index (χ1) is 4.47. The SMILES string of the molecule is [c]1cnnc2ncsc12. The highest BCUT2D eigenvalue weighted by atomic mass is 32.1. The van der Waals surface area contributed by atoms with Gasteiger partial charge >= 0.3 is 0 Å². The zero-order valence-corrected chi connectivity index (χ0v) is 5.22. The summed E-state index contributed by atoms with van der Waals surface area (Å²) < 4.78 is 0.963. The molecule has 0 aliphatic carbocycles. The lowest BCUT2D eigenvalue weighted by Gasteiger charge is -1.77. The Labute approximate surface area is 55.4 Å². The van der Waals surface area contributed by atoms with Gasteiger partial charge in [0.2, 0.25) is 0 Å². The van der Waals surface area contributed by atoms with Crippen molar-refractivity contribution < 1.29 is 0 Å². The lowest BCUT2D eigenvalue weighted by molar-refractivity contribution is 1.06. The monoisotopic (exact) mass is 136 g/mol. The Hall–Kier alpha value is -1.03. The molecule has 43 valence electrons. The fourth-order valence-electron chi connectivity index (χ4n) is 0.581. The van der Waals surface area contributed by atoms with E-state index in [4.69, 9.17) is 0 Å². The molecule has 9 heavy (non-hydrogen) atoms. The first-order valence-electron chi connectivity index (χ1n) is 2.39. The summed E-state index contributed by atoms with van der Waals surface area (Å²) in [6.07, 6.45) is 1.54. The van der Waals surface area contributed by atoms with Gasteiger partial charge in [-0.05, 0) is 0 Å². The molecule has 0 aliphatic rings. The third-order valence-corrected chi connectivity index (χ3v) is 1.70. The van der Waals surface area contributed by atoms with E-state index in [1.165, 1.54) is 11.3 Å². The normalized spacial score (nSPS) is 10.2. The van der Waals surface area contributed by atoms with E-state index in [0.717, 1.165) is 4.70 Å². The van der Waals surface area contributed by atoms with Gasteiger partial charge in [0.15, 0.2) is 5.65 Å². The molecule has 2 aromatic rings. The minimum Gasteiger partial charge on any atom is -0.223 e. The van der Waals surface area contributed by atoms with Crippen molar-refractivity contribution in [2.45, 2.75) is 0 Å². The number of fused-ring (bicyclic) bond motifs is 1. The van der Waals surface area contributed by atoms with Gasteiger partial charge < -0.3 is 0 Å². The van der Waals surface area contributed by atoms with Crippen molar-refractivity contribution in [1.29, 1.82) is 0 Å². The molecule has 2 aromatic heterocycles. The molecule has 0 spiro atoms. The Morgan fingerprint density at radius 1 is 1.56 bits per heavy atom. The molecule has 0 N–H and O–H groups in total. The summed E-state index contributed by atoms with van der Waals surface area (Å²) in [7, 11) is 0. The Bertz CT molecular complexity index is 286. The van der Waals surface area contributed by atoms with Crippen molar-refractivity contribution in [3.8, 4) is 0 Å². The minimum absolute atomic E-state index is 0.683. The number of aromatic nitrogens is 3. The quantitative estimate of drug-likeness (QED) is 0.539. The van der Waals surface area contributed by atoms with E-state index in [1.807, 2.05) is 0 Å². The van der Waals surface area contributed by atoms with E-state index in [1.54, 1.807) is 11.7 Å². The zero-order chi connectivity index (χ0) is 6.10. The molecular formula is C5H2N3S. The van der Waals surface area contributed by atoms with Gasteiger partial charge in [-0.25, -0.2) is 4.98 Å². The zero-order valence-electron chi connectivity index (χ0n) is 4.40. The van der Waals surface area contributed by atoms with Crippen LogP contribution < -0.4 is 0 Å². The lowest BCUT2D eigenvalue weighted by Crippen LogP contribution is -1.77. The molecule has 0 unspecified atom stereocenters. The summed E-state index contributed by atoms with van der Waals surface area (Å²) in [5.41, 5.74) is 2.41. The van der Waals surface area contributed by atoms with Crippen LogP contribution in [0, 0.1) is 6.07 Å². The Kier molecular flexibility index (Phi) is 0.927. The number of thiazole rings is 1. The first-order valence-corrected chi connectivity index (χ1v) is 3.27.